The molecule has 1 amide bonds. The summed E-state index contributed by atoms with van der Waals surface area (Å²) in [7, 11) is -1.54. The van der Waals surface area contributed by atoms with E-state index in [1.165, 1.54) is 10.6 Å². The number of para-hydroxylation sites is 1. The van der Waals surface area contributed by atoms with Gasteiger partial charge >= 0.3 is 0 Å². The lowest BCUT2D eigenvalue weighted by Gasteiger charge is -2.33. The fourth-order valence-corrected chi connectivity index (χ4v) is 3.35. The molecule has 23 heavy (non-hydrogen) atoms. The number of amides is 1. The molecule has 1 aromatic rings. The molecule has 0 radical (unpaired) electrons. The molecule has 7 heteroatoms. The van der Waals surface area contributed by atoms with Crippen LogP contribution >= 0.6 is 0 Å². The smallest absolute Gasteiger partial charge is 0.238 e. The van der Waals surface area contributed by atoms with Crippen LogP contribution in [0.25, 0.3) is 0 Å². The average molecular weight is 339 g/mol. The fourth-order valence-electron chi connectivity index (χ4n) is 2.87. The minimum absolute atomic E-state index is 0.0340. The van der Waals surface area contributed by atoms with Crippen LogP contribution in [0.3, 0.4) is 0 Å². The molecule has 1 aliphatic heterocycles. The van der Waals surface area contributed by atoms with Gasteiger partial charge in [0.2, 0.25) is 15.9 Å². The first-order valence-electron chi connectivity index (χ1n) is 7.83. The van der Waals surface area contributed by atoms with Crippen molar-refractivity contribution in [1.82, 2.24) is 9.21 Å². The number of hydrogen-bond acceptors (Lipinski definition) is 4. The van der Waals surface area contributed by atoms with Crippen molar-refractivity contribution < 1.29 is 13.2 Å². The largest absolute Gasteiger partial charge is 0.325 e. The molecule has 1 heterocycles. The summed E-state index contributed by atoms with van der Waals surface area (Å²) < 4.78 is 24.4. The Morgan fingerprint density at radius 2 is 2.04 bits per heavy atom. The van der Waals surface area contributed by atoms with Gasteiger partial charge in [-0.2, -0.15) is 0 Å². The molecule has 1 aliphatic rings. The Morgan fingerprint density at radius 1 is 1.35 bits per heavy atom. The van der Waals surface area contributed by atoms with E-state index in [2.05, 4.69) is 10.2 Å². The van der Waals surface area contributed by atoms with E-state index in [0.717, 1.165) is 31.6 Å². The fraction of sp³-hybridized carbons (Fsp3) is 0.562. The molecule has 1 atom stereocenters. The maximum Gasteiger partial charge on any atom is 0.238 e. The minimum atomic E-state index is -3.15. The van der Waals surface area contributed by atoms with Crippen molar-refractivity contribution in [3.8, 4) is 0 Å². The van der Waals surface area contributed by atoms with E-state index in [1.54, 1.807) is 7.05 Å². The monoisotopic (exact) mass is 339 g/mol. The lowest BCUT2D eigenvalue weighted by Crippen LogP contribution is -2.44. The predicted octanol–water partition coefficient (Wildman–Crippen LogP) is 1.23. The Bertz CT molecular complexity index is 619. The summed E-state index contributed by atoms with van der Waals surface area (Å²) in [6, 6.07) is 9.39. The van der Waals surface area contributed by atoms with E-state index >= 15 is 0 Å². The summed E-state index contributed by atoms with van der Waals surface area (Å²) >= 11 is 0. The maximum atomic E-state index is 12.1. The first-order chi connectivity index (χ1) is 10.8. The van der Waals surface area contributed by atoms with Crippen LogP contribution in [0.4, 0.5) is 5.69 Å². The first-order valence-corrected chi connectivity index (χ1v) is 9.68. The minimum Gasteiger partial charge on any atom is -0.325 e. The molecule has 0 spiro atoms. The van der Waals surface area contributed by atoms with Crippen molar-refractivity contribution >= 4 is 21.6 Å². The van der Waals surface area contributed by atoms with Crippen molar-refractivity contribution in [3.63, 3.8) is 0 Å². The van der Waals surface area contributed by atoms with Crippen molar-refractivity contribution in [1.29, 1.82) is 0 Å². The molecular weight excluding hydrogens is 314 g/mol. The second kappa shape index (κ2) is 7.90. The van der Waals surface area contributed by atoms with Gasteiger partial charge in [-0.15, -0.1) is 0 Å². The standard InChI is InChI=1S/C16H25N3O3S/c1-18(23(2,21)22)11-14-7-6-10-19(12-14)13-16(20)17-15-8-4-3-5-9-15/h3-5,8-9,14H,6-7,10-13H2,1-2H3,(H,17,20)/t14-/m1/s1. The molecule has 0 unspecified atom stereocenters. The van der Waals surface area contributed by atoms with E-state index in [9.17, 15) is 13.2 Å². The summed E-state index contributed by atoms with van der Waals surface area (Å²) in [6.07, 6.45) is 3.21. The molecule has 1 aromatic carbocycles. The summed E-state index contributed by atoms with van der Waals surface area (Å²) in [5.74, 6) is 0.237. The highest BCUT2D eigenvalue weighted by atomic mass is 32.2. The van der Waals surface area contributed by atoms with Crippen molar-refractivity contribution in [2.75, 3.05) is 44.8 Å². The average Bonchev–Trinajstić information content (AvgIpc) is 2.47. The number of hydrogen-bond donors (Lipinski definition) is 1. The highest BCUT2D eigenvalue weighted by Gasteiger charge is 2.24. The second-order valence-corrected chi connectivity index (χ2v) is 8.29. The Balaban J connectivity index is 1.83. The van der Waals surface area contributed by atoms with E-state index in [0.29, 0.717) is 13.1 Å². The summed E-state index contributed by atoms with van der Waals surface area (Å²) in [4.78, 5) is 14.2. The summed E-state index contributed by atoms with van der Waals surface area (Å²) in [5, 5.41) is 2.88. The molecule has 0 aromatic heterocycles. The molecular formula is C16H25N3O3S. The number of nitrogens with one attached hydrogen (secondary N) is 1. The van der Waals surface area contributed by atoms with Gasteiger partial charge in [0.05, 0.1) is 12.8 Å². The molecule has 1 saturated heterocycles. The number of piperidine rings is 1. The van der Waals surface area contributed by atoms with Crippen LogP contribution in [0.5, 0.6) is 0 Å². The molecule has 128 valence electrons. The summed E-state index contributed by atoms with van der Waals surface area (Å²) in [5.41, 5.74) is 0.794. The van der Waals surface area contributed by atoms with E-state index < -0.39 is 10.0 Å². The Morgan fingerprint density at radius 3 is 2.70 bits per heavy atom. The van der Waals surface area contributed by atoms with Gasteiger partial charge in [0, 0.05) is 25.8 Å². The number of rotatable bonds is 6. The number of anilines is 1. The molecule has 0 aliphatic carbocycles. The number of carbonyl (C=O) groups excluding carboxylic acids is 1. The third kappa shape index (κ3) is 5.93. The van der Waals surface area contributed by atoms with E-state index in [1.807, 2.05) is 30.3 Å². The quantitative estimate of drug-likeness (QED) is 0.846. The van der Waals surface area contributed by atoms with E-state index in [-0.39, 0.29) is 11.8 Å². The van der Waals surface area contributed by atoms with Gasteiger partial charge in [-0.25, -0.2) is 12.7 Å². The highest BCUT2D eigenvalue weighted by Crippen LogP contribution is 2.18. The summed E-state index contributed by atoms with van der Waals surface area (Å²) in [6.45, 7) is 2.48. The van der Waals surface area contributed by atoms with Crippen LogP contribution in [-0.4, -0.2) is 63.0 Å². The topological polar surface area (TPSA) is 69.7 Å². The molecule has 2 rings (SSSR count). The van der Waals surface area contributed by atoms with Gasteiger partial charge in [-0.05, 0) is 37.4 Å². The third-order valence-electron chi connectivity index (χ3n) is 4.11. The van der Waals surface area contributed by atoms with Gasteiger partial charge < -0.3 is 5.32 Å². The number of carbonyl (C=O) groups is 1. The normalized spacial score (nSPS) is 19.7. The van der Waals surface area contributed by atoms with Crippen LogP contribution in [0.15, 0.2) is 30.3 Å². The van der Waals surface area contributed by atoms with Crippen molar-refractivity contribution in [3.05, 3.63) is 30.3 Å². The van der Waals surface area contributed by atoms with Crippen LogP contribution in [0.1, 0.15) is 12.8 Å². The van der Waals surface area contributed by atoms with Crippen LogP contribution in [-0.2, 0) is 14.8 Å². The van der Waals surface area contributed by atoms with Gasteiger partial charge in [0.1, 0.15) is 0 Å². The zero-order valence-electron chi connectivity index (χ0n) is 13.7. The predicted molar refractivity (Wildman–Crippen MR) is 91.7 cm³/mol. The number of benzene rings is 1. The molecule has 0 bridgehead atoms. The Labute approximate surface area is 138 Å². The second-order valence-electron chi connectivity index (χ2n) is 6.20. The van der Waals surface area contributed by atoms with Crippen molar-refractivity contribution in [2.45, 2.75) is 12.8 Å². The Hall–Kier alpha value is -1.44. The van der Waals surface area contributed by atoms with Crippen LogP contribution in [0, 0.1) is 5.92 Å². The Kier molecular flexibility index (Phi) is 6.15. The molecule has 1 N–H and O–H groups in total. The third-order valence-corrected chi connectivity index (χ3v) is 5.39. The van der Waals surface area contributed by atoms with Gasteiger partial charge in [-0.1, -0.05) is 18.2 Å². The molecule has 0 saturated carbocycles. The van der Waals surface area contributed by atoms with Gasteiger partial charge in [-0.3, -0.25) is 9.69 Å². The zero-order valence-corrected chi connectivity index (χ0v) is 14.6. The lowest BCUT2D eigenvalue weighted by atomic mass is 9.98. The zero-order chi connectivity index (χ0) is 16.9. The highest BCUT2D eigenvalue weighted by molar-refractivity contribution is 7.88. The number of likely N-dealkylation sites (tertiary alicyclic amines) is 1. The lowest BCUT2D eigenvalue weighted by molar-refractivity contribution is -0.117. The number of nitrogens with zero attached hydrogens (tertiary/aromatic N) is 2. The van der Waals surface area contributed by atoms with Crippen LogP contribution < -0.4 is 5.32 Å². The maximum absolute atomic E-state index is 12.1. The van der Waals surface area contributed by atoms with E-state index in [4.69, 9.17) is 0 Å². The van der Waals surface area contributed by atoms with Gasteiger partial charge in [0.25, 0.3) is 0 Å². The molecule has 6 nitrogen and oxygen atoms in total. The SMILES string of the molecule is CN(C[C@H]1CCCN(CC(=O)Nc2ccccc2)C1)S(C)(=O)=O. The van der Waals surface area contributed by atoms with Gasteiger partial charge in [0.15, 0.2) is 0 Å². The first kappa shape index (κ1) is 17.9. The number of sulfonamides is 1. The van der Waals surface area contributed by atoms with Crippen molar-refractivity contribution in [2.24, 2.45) is 5.92 Å². The molecule has 1 fully saturated rings. The van der Waals surface area contributed by atoms with Crippen LogP contribution in [0.2, 0.25) is 0 Å².